The minimum atomic E-state index is -0.0596. The number of hydrogen-bond donors (Lipinski definition) is 0. The maximum absolute atomic E-state index is 2.42. The molecule has 7 rings (SSSR count). The second-order valence-corrected chi connectivity index (χ2v) is 10.7. The molecule has 1 heteroatoms. The SMILES string of the molecule is CC1(C)c2ccccc2-c2ccc(N(c3ccccc3)c3cc4ccccc4cc3-c3ccccc3)cc21. The van der Waals surface area contributed by atoms with Gasteiger partial charge in [-0.3, -0.25) is 0 Å². The van der Waals surface area contributed by atoms with Crippen LogP contribution in [0.5, 0.6) is 0 Å². The Labute approximate surface area is 224 Å². The lowest BCUT2D eigenvalue weighted by atomic mass is 9.82. The molecule has 38 heavy (non-hydrogen) atoms. The lowest BCUT2D eigenvalue weighted by molar-refractivity contribution is 0.660. The van der Waals surface area contributed by atoms with Crippen molar-refractivity contribution < 1.29 is 0 Å². The van der Waals surface area contributed by atoms with Gasteiger partial charge in [0.25, 0.3) is 0 Å². The van der Waals surface area contributed by atoms with Gasteiger partial charge >= 0.3 is 0 Å². The van der Waals surface area contributed by atoms with Crippen molar-refractivity contribution in [1.29, 1.82) is 0 Å². The van der Waals surface area contributed by atoms with Crippen LogP contribution >= 0.6 is 0 Å². The van der Waals surface area contributed by atoms with Crippen molar-refractivity contribution in [3.63, 3.8) is 0 Å². The third-order valence-corrected chi connectivity index (χ3v) is 8.03. The summed E-state index contributed by atoms with van der Waals surface area (Å²) in [5.41, 5.74) is 11.3. The van der Waals surface area contributed by atoms with E-state index in [2.05, 4.69) is 158 Å². The molecule has 1 aliphatic carbocycles. The molecule has 0 saturated carbocycles. The highest BCUT2D eigenvalue weighted by Crippen LogP contribution is 2.51. The summed E-state index contributed by atoms with van der Waals surface area (Å²) in [5.74, 6) is 0. The molecule has 0 saturated heterocycles. The van der Waals surface area contributed by atoms with Crippen LogP contribution in [0.2, 0.25) is 0 Å². The first-order chi connectivity index (χ1) is 18.6. The van der Waals surface area contributed by atoms with Crippen LogP contribution in [-0.4, -0.2) is 0 Å². The molecule has 6 aromatic rings. The molecule has 0 atom stereocenters. The van der Waals surface area contributed by atoms with E-state index in [0.29, 0.717) is 0 Å². The Hall–Kier alpha value is -4.62. The van der Waals surface area contributed by atoms with Gasteiger partial charge in [0.05, 0.1) is 5.69 Å². The highest BCUT2D eigenvalue weighted by Gasteiger charge is 2.35. The lowest BCUT2D eigenvalue weighted by Gasteiger charge is -2.30. The largest absolute Gasteiger partial charge is 0.310 e. The van der Waals surface area contributed by atoms with E-state index in [-0.39, 0.29) is 5.41 Å². The summed E-state index contributed by atoms with van der Waals surface area (Å²) in [6.45, 7) is 4.69. The minimum Gasteiger partial charge on any atom is -0.310 e. The summed E-state index contributed by atoms with van der Waals surface area (Å²) in [4.78, 5) is 2.42. The first-order valence-corrected chi connectivity index (χ1v) is 13.3. The summed E-state index contributed by atoms with van der Waals surface area (Å²) in [7, 11) is 0. The number of nitrogens with zero attached hydrogens (tertiary/aromatic N) is 1. The van der Waals surface area contributed by atoms with Crippen LogP contribution in [0.1, 0.15) is 25.0 Å². The fraction of sp³-hybridized carbons (Fsp3) is 0.0811. The average Bonchev–Trinajstić information content (AvgIpc) is 3.20. The Morgan fingerprint density at radius 3 is 1.82 bits per heavy atom. The fourth-order valence-corrected chi connectivity index (χ4v) is 6.10. The smallest absolute Gasteiger partial charge is 0.0546 e. The van der Waals surface area contributed by atoms with Crippen LogP contribution in [0.4, 0.5) is 17.1 Å². The molecule has 0 heterocycles. The number of rotatable bonds is 4. The summed E-state index contributed by atoms with van der Waals surface area (Å²) >= 11 is 0. The summed E-state index contributed by atoms with van der Waals surface area (Å²) in [5, 5.41) is 2.48. The average molecular weight is 488 g/mol. The second-order valence-electron chi connectivity index (χ2n) is 10.7. The molecule has 0 spiro atoms. The topological polar surface area (TPSA) is 3.24 Å². The molecule has 0 amide bonds. The molecule has 0 bridgehead atoms. The Kier molecular flexibility index (Phi) is 5.19. The lowest BCUT2D eigenvalue weighted by Crippen LogP contribution is -2.16. The predicted octanol–water partition coefficient (Wildman–Crippen LogP) is 10.3. The molecule has 182 valence electrons. The van der Waals surface area contributed by atoms with Gasteiger partial charge in [-0.15, -0.1) is 0 Å². The zero-order valence-electron chi connectivity index (χ0n) is 21.7. The van der Waals surface area contributed by atoms with Crippen LogP contribution in [0.25, 0.3) is 33.0 Å². The van der Waals surface area contributed by atoms with Crippen molar-refractivity contribution in [2.24, 2.45) is 0 Å². The Morgan fingerprint density at radius 2 is 1.05 bits per heavy atom. The normalized spacial score (nSPS) is 13.2. The summed E-state index contributed by atoms with van der Waals surface area (Å²) in [6, 6.07) is 50.7. The van der Waals surface area contributed by atoms with Gasteiger partial charge in [-0.1, -0.05) is 117 Å². The van der Waals surface area contributed by atoms with E-state index < -0.39 is 0 Å². The molecular formula is C37H29N. The molecule has 0 aliphatic heterocycles. The Balaban J connectivity index is 1.50. The van der Waals surface area contributed by atoms with Crippen molar-refractivity contribution in [3.05, 3.63) is 151 Å². The molecule has 0 N–H and O–H groups in total. The van der Waals surface area contributed by atoms with Crippen molar-refractivity contribution >= 4 is 27.8 Å². The van der Waals surface area contributed by atoms with Gasteiger partial charge in [0.15, 0.2) is 0 Å². The van der Waals surface area contributed by atoms with Crippen molar-refractivity contribution in [3.8, 4) is 22.3 Å². The first kappa shape index (κ1) is 22.6. The first-order valence-electron chi connectivity index (χ1n) is 13.3. The van der Waals surface area contributed by atoms with Gasteiger partial charge in [0, 0.05) is 22.4 Å². The minimum absolute atomic E-state index is 0.0596. The molecule has 1 nitrogen and oxygen atoms in total. The number of para-hydroxylation sites is 1. The zero-order valence-corrected chi connectivity index (χ0v) is 21.7. The van der Waals surface area contributed by atoms with Crippen LogP contribution < -0.4 is 4.90 Å². The highest BCUT2D eigenvalue weighted by molar-refractivity contribution is 5.98. The molecule has 0 unspecified atom stereocenters. The number of fused-ring (bicyclic) bond motifs is 4. The van der Waals surface area contributed by atoms with E-state index in [1.54, 1.807) is 0 Å². The van der Waals surface area contributed by atoms with Gasteiger partial charge in [-0.05, 0) is 75.0 Å². The maximum atomic E-state index is 2.42. The van der Waals surface area contributed by atoms with E-state index in [0.717, 1.165) is 5.69 Å². The van der Waals surface area contributed by atoms with Gasteiger partial charge in [-0.2, -0.15) is 0 Å². The maximum Gasteiger partial charge on any atom is 0.0546 e. The number of benzene rings is 6. The molecule has 1 aliphatic rings. The highest BCUT2D eigenvalue weighted by atomic mass is 15.1. The van der Waals surface area contributed by atoms with Gasteiger partial charge in [-0.25, -0.2) is 0 Å². The Bertz CT molecular complexity index is 1780. The summed E-state index contributed by atoms with van der Waals surface area (Å²) in [6.07, 6.45) is 0. The van der Waals surface area contributed by atoms with Crippen molar-refractivity contribution in [1.82, 2.24) is 0 Å². The van der Waals surface area contributed by atoms with E-state index in [9.17, 15) is 0 Å². The van der Waals surface area contributed by atoms with Crippen LogP contribution in [0.15, 0.2) is 140 Å². The van der Waals surface area contributed by atoms with E-state index in [4.69, 9.17) is 0 Å². The standard InChI is InChI=1S/C37H29N/c1-37(2)34-20-12-11-19-31(34)32-22-21-30(25-35(32)37)38(29-17-7-4-8-18-29)36-24-28-16-10-9-15-27(28)23-33(36)26-13-5-3-6-14-26/h3-25H,1-2H3. The van der Waals surface area contributed by atoms with Crippen LogP contribution in [0, 0.1) is 0 Å². The van der Waals surface area contributed by atoms with Crippen molar-refractivity contribution in [2.75, 3.05) is 4.90 Å². The number of hydrogen-bond acceptors (Lipinski definition) is 1. The van der Waals surface area contributed by atoms with Crippen molar-refractivity contribution in [2.45, 2.75) is 19.3 Å². The second kappa shape index (κ2) is 8.75. The monoisotopic (exact) mass is 487 g/mol. The van der Waals surface area contributed by atoms with Gasteiger partial charge in [0.2, 0.25) is 0 Å². The van der Waals surface area contributed by atoms with Gasteiger partial charge in [0.1, 0.15) is 0 Å². The third kappa shape index (κ3) is 3.55. The van der Waals surface area contributed by atoms with E-state index in [1.165, 1.54) is 55.5 Å². The quantitative estimate of drug-likeness (QED) is 0.239. The van der Waals surface area contributed by atoms with Crippen LogP contribution in [0.3, 0.4) is 0 Å². The molecule has 6 aromatic carbocycles. The summed E-state index contributed by atoms with van der Waals surface area (Å²) < 4.78 is 0. The third-order valence-electron chi connectivity index (χ3n) is 8.03. The fourth-order valence-electron chi connectivity index (χ4n) is 6.10. The van der Waals surface area contributed by atoms with E-state index >= 15 is 0 Å². The van der Waals surface area contributed by atoms with E-state index in [1.807, 2.05) is 0 Å². The van der Waals surface area contributed by atoms with Gasteiger partial charge < -0.3 is 4.90 Å². The van der Waals surface area contributed by atoms with Crippen LogP contribution in [-0.2, 0) is 5.41 Å². The predicted molar refractivity (Wildman–Crippen MR) is 162 cm³/mol. The number of anilines is 3. The zero-order chi connectivity index (χ0) is 25.7. The molecule has 0 radical (unpaired) electrons. The molecule has 0 aromatic heterocycles. The molecular weight excluding hydrogens is 458 g/mol. The Morgan fingerprint density at radius 1 is 0.447 bits per heavy atom. The molecule has 0 fully saturated rings.